The van der Waals surface area contributed by atoms with E-state index in [1.165, 1.54) is 463 Å². The van der Waals surface area contributed by atoms with Crippen LogP contribution in [0.1, 0.15) is 466 Å². The second kappa shape index (κ2) is 92.7. The third kappa shape index (κ3) is 74.9. The van der Waals surface area contributed by atoms with Gasteiger partial charge in [0.1, 0.15) is 0 Å². The minimum atomic E-state index is 0. The minimum absolute atomic E-state index is 0. The van der Waals surface area contributed by atoms with Crippen molar-refractivity contribution in [1.29, 1.82) is 0 Å². The number of hydrogen-bond donors (Lipinski definition) is 0. The van der Waals surface area contributed by atoms with Gasteiger partial charge < -0.3 is 54.4 Å². The van der Waals surface area contributed by atoms with E-state index in [0.717, 1.165) is 13.2 Å². The van der Waals surface area contributed by atoms with Gasteiger partial charge in [0.2, 0.25) is 0 Å². The molecule has 5 nitrogen and oxygen atoms in total. The number of unbranched alkanes of at least 4 members (excludes halogenated alkanes) is 52. The van der Waals surface area contributed by atoms with Gasteiger partial charge in [0.05, 0.1) is 12.3 Å². The molecule has 0 unspecified atom stereocenters. The van der Waals surface area contributed by atoms with E-state index in [2.05, 4.69) is 75.0 Å². The molecule has 0 amide bonds. The normalized spacial score (nSPS) is 11.6. The van der Waals surface area contributed by atoms with E-state index in [0.29, 0.717) is 12.3 Å². The van der Waals surface area contributed by atoms with Crippen molar-refractivity contribution < 1.29 is 76.1 Å². The van der Waals surface area contributed by atoms with Gasteiger partial charge in [-0.1, -0.05) is 389 Å². The molecule has 0 bridgehead atoms. The van der Waals surface area contributed by atoms with Gasteiger partial charge in [0.25, 0.3) is 0 Å². The minimum Gasteiger partial charge on any atom is -1.00 e. The van der Waals surface area contributed by atoms with E-state index in [4.69, 9.17) is 4.74 Å². The van der Waals surface area contributed by atoms with Crippen molar-refractivity contribution in [3.05, 3.63) is 0 Å². The maximum atomic E-state index is 6.27. The summed E-state index contributed by atoms with van der Waals surface area (Å²) in [5, 5.41) is 0. The van der Waals surface area contributed by atoms with Gasteiger partial charge in [-0.3, -0.25) is 19.6 Å². The van der Waals surface area contributed by atoms with E-state index in [1.54, 1.807) is 0 Å². The predicted octanol–water partition coefficient (Wildman–Crippen LogP) is 16.0. The average molecular weight is 1450 g/mol. The molecule has 0 spiro atoms. The first-order valence-electron chi connectivity index (χ1n) is 42.6. The van der Waals surface area contributed by atoms with Crippen LogP contribution >= 0.6 is 0 Å². The maximum absolute atomic E-state index is 6.27. The largest absolute Gasteiger partial charge is 4.00 e. The molecule has 568 valence electrons. The Kier molecular flexibility index (Phi) is 105. The summed E-state index contributed by atoms with van der Waals surface area (Å²) >= 11 is 0. The summed E-state index contributed by atoms with van der Waals surface area (Å²) in [6.45, 7) is 31.5. The van der Waals surface area contributed by atoms with Gasteiger partial charge in [-0.25, -0.2) is 0 Å². The number of hydrogen-bond acceptors (Lipinski definition) is 5. The summed E-state index contributed by atoms with van der Waals surface area (Å²) in [6.07, 6.45) is 91.2. The van der Waals surface area contributed by atoms with E-state index >= 15 is 0 Å². The monoisotopic (exact) mass is 1440 g/mol. The summed E-state index contributed by atoms with van der Waals surface area (Å²) in [5.74, 6) is 0. The van der Waals surface area contributed by atoms with E-state index in [9.17, 15) is 0 Å². The smallest absolute Gasteiger partial charge is 1.00 e. The van der Waals surface area contributed by atoms with Crippen molar-refractivity contribution in [3.63, 3.8) is 0 Å². The van der Waals surface area contributed by atoms with Crippen LogP contribution in [0.3, 0.4) is 0 Å². The topological polar surface area (TPSA) is 22.2 Å². The summed E-state index contributed by atoms with van der Waals surface area (Å²) < 4.78 is 6.27. The summed E-state index contributed by atoms with van der Waals surface area (Å²) in [7, 11) is 0. The van der Waals surface area contributed by atoms with Crippen LogP contribution in [-0.4, -0.2) is 97.5 Å². The first kappa shape index (κ1) is 107. The van der Waals surface area contributed by atoms with Crippen molar-refractivity contribution in [3.8, 4) is 0 Å². The van der Waals surface area contributed by atoms with Crippen molar-refractivity contribution in [2.45, 2.75) is 479 Å². The molecule has 0 aliphatic rings. The van der Waals surface area contributed by atoms with E-state index < -0.39 is 0 Å². The van der Waals surface area contributed by atoms with Crippen LogP contribution < -0.4 is 49.6 Å². The Bertz CT molecular complexity index is 1050. The zero-order valence-corrected chi connectivity index (χ0v) is 70.3. The quantitative estimate of drug-likeness (QED) is 0.0343. The van der Waals surface area contributed by atoms with Crippen molar-refractivity contribution in [2.24, 2.45) is 0 Å². The fourth-order valence-electron chi connectivity index (χ4n) is 14.5. The molecule has 0 radical (unpaired) electrons. The standard InChI is InChI=1S/C84H174N4O.4ClH.Ti/c1-9-17-25-33-49-61-73-85(74-62-50-34-26-18-10-2)83(86(75-63-51-35-27-19-11-3)76-64-52-36-28-20-12-4)71-59-47-43-41-45-57-69-81-89-82-70-58-46-42-44-48-60-72-84(87(77-65-53-37-29-21-13-5)78-66-54-38-30-22-14-6)88(79-67-55-39-31-23-15-7)80-68-56-40-32-24-16-8;;;;;/h83-84H,9-82H2,1-8H3;4*1H;/q;;;;;+4/p-4. The first-order valence-corrected chi connectivity index (χ1v) is 42.6. The molecule has 0 saturated carbocycles. The van der Waals surface area contributed by atoms with Crippen LogP contribution in [0.5, 0.6) is 0 Å². The van der Waals surface area contributed by atoms with Gasteiger partial charge in [0.15, 0.2) is 0 Å². The van der Waals surface area contributed by atoms with Gasteiger partial charge in [-0.2, -0.15) is 0 Å². The second-order valence-electron chi connectivity index (χ2n) is 29.4. The first-order chi connectivity index (χ1) is 44.1. The van der Waals surface area contributed by atoms with Crippen molar-refractivity contribution >= 4 is 0 Å². The number of halogens is 4. The molecule has 0 fully saturated rings. The number of ether oxygens (including phenoxy) is 1. The fourth-order valence-corrected chi connectivity index (χ4v) is 14.5. The molecule has 0 aromatic heterocycles. The Morgan fingerprint density at radius 3 is 0.457 bits per heavy atom. The Hall–Kier alpha value is 1.67. The maximum Gasteiger partial charge on any atom is 4.00 e. The zero-order valence-electron chi connectivity index (χ0n) is 65.7. The van der Waals surface area contributed by atoms with Crippen molar-refractivity contribution in [1.82, 2.24) is 19.6 Å². The molecule has 0 aliphatic carbocycles. The molecule has 0 atom stereocenters. The molecular weight excluding hydrogens is 1270 g/mol. The second-order valence-corrected chi connectivity index (χ2v) is 29.4. The van der Waals surface area contributed by atoms with E-state index in [-0.39, 0.29) is 71.3 Å². The summed E-state index contributed by atoms with van der Waals surface area (Å²) in [6, 6.07) is 0. The number of rotatable bonds is 80. The molecule has 0 aromatic rings. The SMILES string of the molecule is CCCCCCCCN(CCCCCCCC)C(CCCCCCCCCOCCCCCCCCCC(N(CCCCCCCC)CCCCCCCC)N(CCCCCCCC)CCCCCCCC)N(CCCCCCCC)CCCCCCCC.[Cl-].[Cl-].[Cl-].[Cl-].[Ti+4]. The third-order valence-electron chi connectivity index (χ3n) is 20.6. The molecule has 10 heteroatoms. The van der Waals surface area contributed by atoms with Gasteiger partial charge in [-0.05, 0) is 129 Å². The van der Waals surface area contributed by atoms with Crippen molar-refractivity contribution in [2.75, 3.05) is 65.6 Å². The van der Waals surface area contributed by atoms with E-state index in [1.807, 2.05) is 0 Å². The molecule has 0 saturated heterocycles. The van der Waals surface area contributed by atoms with Gasteiger partial charge in [0, 0.05) is 13.2 Å². The Balaban J connectivity index is -0.00000387. The van der Waals surface area contributed by atoms with Crippen LogP contribution in [0.4, 0.5) is 0 Å². The van der Waals surface area contributed by atoms with Gasteiger partial charge in [-0.15, -0.1) is 0 Å². The molecule has 0 aromatic carbocycles. The molecule has 0 heterocycles. The molecule has 0 rings (SSSR count). The zero-order chi connectivity index (χ0) is 64.5. The van der Waals surface area contributed by atoms with Crippen LogP contribution in [-0.2, 0) is 26.5 Å². The average Bonchev–Trinajstić information content (AvgIpc) is 1.03. The molecule has 0 aliphatic heterocycles. The number of nitrogens with zero attached hydrogens (tertiary/aromatic N) is 4. The van der Waals surface area contributed by atoms with Crippen LogP contribution in [0.2, 0.25) is 0 Å². The molecular formula is C84H174Cl4N4OTi. The Morgan fingerprint density at radius 1 is 0.170 bits per heavy atom. The molecule has 94 heavy (non-hydrogen) atoms. The predicted molar refractivity (Wildman–Crippen MR) is 406 cm³/mol. The van der Waals surface area contributed by atoms with Crippen LogP contribution in [0.25, 0.3) is 0 Å². The Labute approximate surface area is 635 Å². The summed E-state index contributed by atoms with van der Waals surface area (Å²) in [4.78, 5) is 12.3. The Morgan fingerprint density at radius 2 is 0.298 bits per heavy atom. The molecule has 0 N–H and O–H groups in total. The van der Waals surface area contributed by atoms with Crippen LogP contribution in [0.15, 0.2) is 0 Å². The summed E-state index contributed by atoms with van der Waals surface area (Å²) in [5.41, 5.74) is 0. The van der Waals surface area contributed by atoms with Crippen LogP contribution in [0, 0.1) is 0 Å². The fraction of sp³-hybridized carbons (Fsp3) is 1.00. The third-order valence-corrected chi connectivity index (χ3v) is 20.6. The van der Waals surface area contributed by atoms with Gasteiger partial charge >= 0.3 is 21.7 Å².